The highest BCUT2D eigenvalue weighted by Gasteiger charge is 2.22. The Hall–Kier alpha value is -2.75. The van der Waals surface area contributed by atoms with Gasteiger partial charge in [0.15, 0.2) is 0 Å². The Labute approximate surface area is 135 Å². The van der Waals surface area contributed by atoms with E-state index in [-0.39, 0.29) is 0 Å². The third kappa shape index (κ3) is 2.93. The van der Waals surface area contributed by atoms with Gasteiger partial charge in [-0.2, -0.15) is 0 Å². The molecule has 116 valence electrons. The Kier molecular flexibility index (Phi) is 3.72. The molecular weight excluding hydrogens is 288 g/mol. The molecule has 3 heterocycles. The Bertz CT molecular complexity index is 769. The third-order valence-electron chi connectivity index (χ3n) is 4.20. The minimum Gasteiger partial charge on any atom is -0.493 e. The van der Waals surface area contributed by atoms with E-state index in [9.17, 15) is 0 Å². The van der Waals surface area contributed by atoms with Crippen molar-refractivity contribution in [2.45, 2.75) is 12.3 Å². The highest BCUT2D eigenvalue weighted by molar-refractivity contribution is 5.62. The molecule has 2 aromatic heterocycles. The first-order valence-electron chi connectivity index (χ1n) is 7.85. The van der Waals surface area contributed by atoms with Crippen molar-refractivity contribution in [2.75, 3.05) is 18.5 Å². The zero-order chi connectivity index (χ0) is 15.5. The second-order valence-electron chi connectivity index (χ2n) is 5.69. The Morgan fingerprint density at radius 2 is 2.17 bits per heavy atom. The average molecular weight is 306 g/mol. The standard InChI is InChI=1S/C19H18N2O2/c1-3-16(13-20-8-1)21-12-15-7-10-23-19-11-14(5-6-17(15)19)18-4-2-9-22-18/h1-6,8-9,11,13,15,21H,7,10,12H2. The van der Waals surface area contributed by atoms with Crippen LogP contribution in [0.25, 0.3) is 11.3 Å². The first-order chi connectivity index (χ1) is 11.4. The normalized spacial score (nSPS) is 16.4. The van der Waals surface area contributed by atoms with Gasteiger partial charge < -0.3 is 14.5 Å². The van der Waals surface area contributed by atoms with E-state index in [4.69, 9.17) is 9.15 Å². The lowest BCUT2D eigenvalue weighted by atomic mass is 9.91. The summed E-state index contributed by atoms with van der Waals surface area (Å²) < 4.78 is 11.3. The third-order valence-corrected chi connectivity index (χ3v) is 4.20. The molecule has 4 nitrogen and oxygen atoms in total. The highest BCUT2D eigenvalue weighted by atomic mass is 16.5. The van der Waals surface area contributed by atoms with Gasteiger partial charge in [-0.1, -0.05) is 12.1 Å². The van der Waals surface area contributed by atoms with E-state index >= 15 is 0 Å². The van der Waals surface area contributed by atoms with E-state index in [1.807, 2.05) is 30.5 Å². The number of benzene rings is 1. The summed E-state index contributed by atoms with van der Waals surface area (Å²) in [5.74, 6) is 2.26. The van der Waals surface area contributed by atoms with Crippen molar-refractivity contribution in [3.63, 3.8) is 0 Å². The average Bonchev–Trinajstić information content (AvgIpc) is 3.15. The van der Waals surface area contributed by atoms with Crippen molar-refractivity contribution >= 4 is 5.69 Å². The predicted octanol–water partition coefficient (Wildman–Crippen LogP) is 4.32. The summed E-state index contributed by atoms with van der Waals surface area (Å²) >= 11 is 0. The van der Waals surface area contributed by atoms with Crippen LogP contribution in [0, 0.1) is 0 Å². The molecule has 4 heteroatoms. The van der Waals surface area contributed by atoms with Gasteiger partial charge in [0.05, 0.1) is 18.6 Å². The second kappa shape index (κ2) is 6.16. The van der Waals surface area contributed by atoms with Crippen molar-refractivity contribution < 1.29 is 9.15 Å². The molecule has 0 spiro atoms. The van der Waals surface area contributed by atoms with E-state index in [1.54, 1.807) is 12.5 Å². The van der Waals surface area contributed by atoms with E-state index in [2.05, 4.69) is 28.5 Å². The zero-order valence-corrected chi connectivity index (χ0v) is 12.7. The molecule has 0 saturated heterocycles. The first-order valence-corrected chi connectivity index (χ1v) is 7.85. The lowest BCUT2D eigenvalue weighted by Gasteiger charge is -2.26. The van der Waals surface area contributed by atoms with Crippen LogP contribution in [0.2, 0.25) is 0 Å². The van der Waals surface area contributed by atoms with E-state index in [1.165, 1.54) is 5.56 Å². The summed E-state index contributed by atoms with van der Waals surface area (Å²) in [4.78, 5) is 4.14. The van der Waals surface area contributed by atoms with Gasteiger partial charge in [-0.15, -0.1) is 0 Å². The van der Waals surface area contributed by atoms with Gasteiger partial charge >= 0.3 is 0 Å². The fraction of sp³-hybridized carbons (Fsp3) is 0.211. The first kappa shape index (κ1) is 13.9. The summed E-state index contributed by atoms with van der Waals surface area (Å²) in [6, 6.07) is 14.2. The van der Waals surface area contributed by atoms with Crippen LogP contribution in [0.3, 0.4) is 0 Å². The molecule has 1 aliphatic rings. The van der Waals surface area contributed by atoms with Crippen LogP contribution in [0.1, 0.15) is 17.9 Å². The maximum atomic E-state index is 5.86. The number of aromatic nitrogens is 1. The summed E-state index contributed by atoms with van der Waals surface area (Å²) in [7, 11) is 0. The van der Waals surface area contributed by atoms with Gasteiger partial charge in [-0.05, 0) is 42.3 Å². The lowest BCUT2D eigenvalue weighted by molar-refractivity contribution is 0.270. The maximum absolute atomic E-state index is 5.86. The van der Waals surface area contributed by atoms with Crippen LogP contribution in [0.4, 0.5) is 5.69 Å². The van der Waals surface area contributed by atoms with Crippen molar-refractivity contribution in [1.29, 1.82) is 0 Å². The second-order valence-corrected chi connectivity index (χ2v) is 5.69. The van der Waals surface area contributed by atoms with Gasteiger partial charge in [-0.25, -0.2) is 0 Å². The Morgan fingerprint density at radius 3 is 3.00 bits per heavy atom. The van der Waals surface area contributed by atoms with Gasteiger partial charge in [0.1, 0.15) is 11.5 Å². The highest BCUT2D eigenvalue weighted by Crippen LogP contribution is 2.36. The van der Waals surface area contributed by atoms with E-state index < -0.39 is 0 Å². The number of rotatable bonds is 4. The SMILES string of the molecule is c1cncc(NCC2CCOc3cc(-c4ccco4)ccc32)c1. The largest absolute Gasteiger partial charge is 0.493 e. The van der Waals surface area contributed by atoms with E-state index in [0.717, 1.165) is 42.3 Å². The van der Waals surface area contributed by atoms with Gasteiger partial charge in [0.2, 0.25) is 0 Å². The van der Waals surface area contributed by atoms with Crippen LogP contribution in [-0.4, -0.2) is 18.1 Å². The molecule has 0 amide bonds. The molecule has 0 aliphatic carbocycles. The molecular formula is C19H18N2O2. The number of ether oxygens (including phenoxy) is 1. The number of nitrogens with zero attached hydrogens (tertiary/aromatic N) is 1. The quantitative estimate of drug-likeness (QED) is 0.780. The fourth-order valence-corrected chi connectivity index (χ4v) is 2.98. The molecule has 3 aromatic rings. The summed E-state index contributed by atoms with van der Waals surface area (Å²) in [5.41, 5.74) is 3.35. The monoisotopic (exact) mass is 306 g/mol. The molecule has 4 rings (SSSR count). The molecule has 0 bridgehead atoms. The summed E-state index contributed by atoms with van der Waals surface area (Å²) in [6.07, 6.45) is 6.34. The number of pyridine rings is 1. The van der Waals surface area contributed by atoms with Crippen molar-refractivity contribution in [3.05, 3.63) is 66.7 Å². The van der Waals surface area contributed by atoms with Crippen LogP contribution in [0.5, 0.6) is 5.75 Å². The number of fused-ring (bicyclic) bond motifs is 1. The topological polar surface area (TPSA) is 47.3 Å². The van der Waals surface area contributed by atoms with Gasteiger partial charge in [0.25, 0.3) is 0 Å². The molecule has 0 radical (unpaired) electrons. The van der Waals surface area contributed by atoms with Crippen molar-refractivity contribution in [1.82, 2.24) is 4.98 Å². The number of furan rings is 1. The number of hydrogen-bond donors (Lipinski definition) is 1. The molecule has 1 aliphatic heterocycles. The van der Waals surface area contributed by atoms with Crippen LogP contribution < -0.4 is 10.1 Å². The predicted molar refractivity (Wildman–Crippen MR) is 89.7 cm³/mol. The molecule has 1 N–H and O–H groups in total. The van der Waals surface area contributed by atoms with Crippen molar-refractivity contribution in [3.8, 4) is 17.1 Å². The van der Waals surface area contributed by atoms with Gasteiger partial charge in [0, 0.05) is 30.4 Å². The fourth-order valence-electron chi connectivity index (χ4n) is 2.98. The molecule has 0 fully saturated rings. The molecule has 0 saturated carbocycles. The number of anilines is 1. The van der Waals surface area contributed by atoms with Gasteiger partial charge in [-0.3, -0.25) is 4.98 Å². The summed E-state index contributed by atoms with van der Waals surface area (Å²) in [6.45, 7) is 1.62. The minimum absolute atomic E-state index is 0.435. The van der Waals surface area contributed by atoms with Crippen LogP contribution >= 0.6 is 0 Å². The lowest BCUT2D eigenvalue weighted by Crippen LogP contribution is -2.20. The molecule has 1 atom stereocenters. The molecule has 1 unspecified atom stereocenters. The van der Waals surface area contributed by atoms with Crippen molar-refractivity contribution in [2.24, 2.45) is 0 Å². The Balaban J connectivity index is 1.54. The molecule has 23 heavy (non-hydrogen) atoms. The van der Waals surface area contributed by atoms with Crippen LogP contribution in [-0.2, 0) is 0 Å². The smallest absolute Gasteiger partial charge is 0.133 e. The summed E-state index contributed by atoms with van der Waals surface area (Å²) in [5, 5.41) is 3.46. The zero-order valence-electron chi connectivity index (χ0n) is 12.7. The number of hydrogen-bond acceptors (Lipinski definition) is 4. The number of nitrogens with one attached hydrogen (secondary N) is 1. The Morgan fingerprint density at radius 1 is 1.17 bits per heavy atom. The maximum Gasteiger partial charge on any atom is 0.133 e. The molecule has 1 aromatic carbocycles. The van der Waals surface area contributed by atoms with E-state index in [0.29, 0.717) is 5.92 Å². The minimum atomic E-state index is 0.435. The van der Waals surface area contributed by atoms with Crippen LogP contribution in [0.15, 0.2) is 65.5 Å².